The van der Waals surface area contributed by atoms with Crippen LogP contribution >= 0.6 is 0 Å². The molecular weight excluding hydrogens is 182 g/mol. The molecule has 0 bridgehead atoms. The molecule has 1 rings (SSSR count). The zero-order valence-electron chi connectivity index (χ0n) is 10.2. The molecule has 0 aliphatic carbocycles. The molecule has 0 saturated heterocycles. The van der Waals surface area contributed by atoms with E-state index in [2.05, 4.69) is 69.0 Å². The molecule has 0 aliphatic heterocycles. The summed E-state index contributed by atoms with van der Waals surface area (Å²) < 4.78 is 2.14. The van der Waals surface area contributed by atoms with Crippen molar-refractivity contribution >= 4 is 6.08 Å². The van der Waals surface area contributed by atoms with Crippen molar-refractivity contribution in [3.63, 3.8) is 0 Å². The fourth-order valence-corrected chi connectivity index (χ4v) is 1.49. The van der Waals surface area contributed by atoms with Gasteiger partial charge in [-0.05, 0) is 37.0 Å². The topological polar surface area (TPSA) is 4.93 Å². The monoisotopic (exact) mass is 203 g/mol. The number of hydrogen-bond donors (Lipinski definition) is 0. The molecule has 0 unspecified atom stereocenters. The standard InChI is InChI=1S/C14H21N/c1-12(2)8-6-5-7-9-14-13(3)10-11-15(14)4/h5-7,9-12H,8H2,1-4H3/b6-5-,9-7-. The number of aryl methyl sites for hydroxylation is 2. The van der Waals surface area contributed by atoms with Crippen molar-refractivity contribution in [1.29, 1.82) is 0 Å². The number of allylic oxidation sites excluding steroid dienone is 3. The van der Waals surface area contributed by atoms with Gasteiger partial charge in [-0.1, -0.05) is 32.1 Å². The summed E-state index contributed by atoms with van der Waals surface area (Å²) >= 11 is 0. The van der Waals surface area contributed by atoms with E-state index in [9.17, 15) is 0 Å². The maximum Gasteiger partial charge on any atom is 0.0433 e. The van der Waals surface area contributed by atoms with Crippen LogP contribution in [0.5, 0.6) is 0 Å². The number of hydrogen-bond acceptors (Lipinski definition) is 0. The van der Waals surface area contributed by atoms with Gasteiger partial charge in [0.05, 0.1) is 0 Å². The summed E-state index contributed by atoms with van der Waals surface area (Å²) in [5.74, 6) is 0.742. The van der Waals surface area contributed by atoms with E-state index < -0.39 is 0 Å². The molecule has 0 fully saturated rings. The van der Waals surface area contributed by atoms with E-state index in [0.717, 1.165) is 12.3 Å². The Kier molecular flexibility index (Phi) is 4.41. The normalized spacial score (nSPS) is 12.3. The van der Waals surface area contributed by atoms with E-state index in [-0.39, 0.29) is 0 Å². The van der Waals surface area contributed by atoms with Gasteiger partial charge in [0.1, 0.15) is 0 Å². The molecule has 1 nitrogen and oxygen atoms in total. The Morgan fingerprint density at radius 1 is 1.33 bits per heavy atom. The van der Waals surface area contributed by atoms with Gasteiger partial charge in [-0.3, -0.25) is 0 Å². The lowest BCUT2D eigenvalue weighted by Crippen LogP contribution is -1.88. The Hall–Kier alpha value is -1.24. The fraction of sp³-hybridized carbons (Fsp3) is 0.429. The SMILES string of the molecule is Cc1ccn(C)c1/C=C\C=C/CC(C)C. The highest BCUT2D eigenvalue weighted by Gasteiger charge is 1.96. The maximum absolute atomic E-state index is 2.23. The van der Waals surface area contributed by atoms with Crippen LogP contribution in [0.2, 0.25) is 0 Å². The quantitative estimate of drug-likeness (QED) is 0.653. The van der Waals surface area contributed by atoms with Crippen molar-refractivity contribution in [1.82, 2.24) is 4.57 Å². The van der Waals surface area contributed by atoms with Gasteiger partial charge in [0.15, 0.2) is 0 Å². The summed E-state index contributed by atoms with van der Waals surface area (Å²) in [6.45, 7) is 6.60. The number of nitrogens with zero attached hydrogens (tertiary/aromatic N) is 1. The van der Waals surface area contributed by atoms with Crippen molar-refractivity contribution in [2.45, 2.75) is 27.2 Å². The number of aromatic nitrogens is 1. The van der Waals surface area contributed by atoms with Gasteiger partial charge >= 0.3 is 0 Å². The zero-order valence-corrected chi connectivity index (χ0v) is 10.2. The highest BCUT2D eigenvalue weighted by Crippen LogP contribution is 2.10. The molecule has 0 N–H and O–H groups in total. The molecule has 15 heavy (non-hydrogen) atoms. The summed E-state index contributed by atoms with van der Waals surface area (Å²) in [7, 11) is 2.07. The minimum absolute atomic E-state index is 0.742. The third-order valence-electron chi connectivity index (χ3n) is 2.44. The van der Waals surface area contributed by atoms with Crippen LogP contribution in [0.25, 0.3) is 6.08 Å². The number of rotatable bonds is 4. The second kappa shape index (κ2) is 5.59. The Bertz CT molecular complexity index is 334. The molecule has 0 atom stereocenters. The third-order valence-corrected chi connectivity index (χ3v) is 2.44. The molecule has 1 aromatic rings. The third kappa shape index (κ3) is 3.78. The van der Waals surface area contributed by atoms with Gasteiger partial charge in [-0.15, -0.1) is 0 Å². The van der Waals surface area contributed by atoms with Gasteiger partial charge in [-0.2, -0.15) is 0 Å². The first kappa shape index (κ1) is 11.8. The van der Waals surface area contributed by atoms with E-state index in [1.807, 2.05) is 0 Å². The second-order valence-electron chi connectivity index (χ2n) is 4.41. The summed E-state index contributed by atoms with van der Waals surface area (Å²) in [5, 5.41) is 0. The highest BCUT2D eigenvalue weighted by molar-refractivity contribution is 5.51. The predicted molar refractivity (Wildman–Crippen MR) is 67.8 cm³/mol. The molecule has 82 valence electrons. The summed E-state index contributed by atoms with van der Waals surface area (Å²) in [5.41, 5.74) is 2.61. The Morgan fingerprint density at radius 2 is 2.07 bits per heavy atom. The van der Waals surface area contributed by atoms with Crippen molar-refractivity contribution in [2.24, 2.45) is 13.0 Å². The summed E-state index contributed by atoms with van der Waals surface area (Å²) in [6.07, 6.45) is 11.9. The molecule has 0 radical (unpaired) electrons. The van der Waals surface area contributed by atoms with Crippen molar-refractivity contribution < 1.29 is 0 Å². The molecule has 0 spiro atoms. The van der Waals surface area contributed by atoms with E-state index in [1.165, 1.54) is 11.3 Å². The van der Waals surface area contributed by atoms with E-state index in [1.54, 1.807) is 0 Å². The van der Waals surface area contributed by atoms with Crippen LogP contribution in [0, 0.1) is 12.8 Å². The zero-order chi connectivity index (χ0) is 11.3. The average molecular weight is 203 g/mol. The van der Waals surface area contributed by atoms with Crippen LogP contribution in [0.1, 0.15) is 31.5 Å². The summed E-state index contributed by atoms with van der Waals surface area (Å²) in [6, 6.07) is 2.14. The smallest absolute Gasteiger partial charge is 0.0433 e. The minimum atomic E-state index is 0.742. The lowest BCUT2D eigenvalue weighted by molar-refractivity contribution is 0.664. The molecule has 1 heterocycles. The summed E-state index contributed by atoms with van der Waals surface area (Å²) in [4.78, 5) is 0. The molecule has 0 saturated carbocycles. The van der Waals surface area contributed by atoms with Crippen LogP contribution in [0.4, 0.5) is 0 Å². The lowest BCUT2D eigenvalue weighted by Gasteiger charge is -1.97. The second-order valence-corrected chi connectivity index (χ2v) is 4.41. The van der Waals surface area contributed by atoms with Gasteiger partial charge in [-0.25, -0.2) is 0 Å². The molecule has 1 heteroatoms. The first-order valence-corrected chi connectivity index (χ1v) is 5.56. The largest absolute Gasteiger partial charge is 0.351 e. The molecule has 0 amide bonds. The van der Waals surface area contributed by atoms with Crippen LogP contribution in [-0.2, 0) is 7.05 Å². The lowest BCUT2D eigenvalue weighted by atomic mass is 10.1. The molecule has 1 aromatic heterocycles. The minimum Gasteiger partial charge on any atom is -0.351 e. The Labute approximate surface area is 93.1 Å². The van der Waals surface area contributed by atoms with Gasteiger partial charge < -0.3 is 4.57 Å². The predicted octanol–water partition coefficient (Wildman–Crippen LogP) is 3.95. The van der Waals surface area contributed by atoms with Crippen LogP contribution in [-0.4, -0.2) is 4.57 Å². The van der Waals surface area contributed by atoms with Crippen LogP contribution in [0.3, 0.4) is 0 Å². The van der Waals surface area contributed by atoms with Gasteiger partial charge in [0.2, 0.25) is 0 Å². The maximum atomic E-state index is 2.23. The van der Waals surface area contributed by atoms with Crippen LogP contribution in [0.15, 0.2) is 30.5 Å². The fourth-order valence-electron chi connectivity index (χ4n) is 1.49. The van der Waals surface area contributed by atoms with Crippen molar-refractivity contribution in [3.8, 4) is 0 Å². The van der Waals surface area contributed by atoms with E-state index in [4.69, 9.17) is 0 Å². The average Bonchev–Trinajstić information content (AvgIpc) is 2.47. The first-order valence-electron chi connectivity index (χ1n) is 5.56. The van der Waals surface area contributed by atoms with Gasteiger partial charge in [0, 0.05) is 18.9 Å². The first-order chi connectivity index (χ1) is 7.11. The Morgan fingerprint density at radius 3 is 2.60 bits per heavy atom. The van der Waals surface area contributed by atoms with E-state index in [0.29, 0.717) is 0 Å². The molecule has 0 aliphatic rings. The molecular formula is C14H21N. The molecule has 0 aromatic carbocycles. The van der Waals surface area contributed by atoms with Crippen molar-refractivity contribution in [3.05, 3.63) is 41.7 Å². The Balaban J connectivity index is 2.55. The highest BCUT2D eigenvalue weighted by atomic mass is 14.9. The van der Waals surface area contributed by atoms with Crippen molar-refractivity contribution in [2.75, 3.05) is 0 Å². The van der Waals surface area contributed by atoms with Gasteiger partial charge in [0.25, 0.3) is 0 Å². The van der Waals surface area contributed by atoms with Crippen LogP contribution < -0.4 is 0 Å². The van der Waals surface area contributed by atoms with E-state index >= 15 is 0 Å².